The van der Waals surface area contributed by atoms with E-state index in [2.05, 4.69) is 28.4 Å². The number of nitrogens with two attached hydrogens (primary N) is 1. The third kappa shape index (κ3) is 2.37. The second-order valence-electron chi connectivity index (χ2n) is 4.69. The summed E-state index contributed by atoms with van der Waals surface area (Å²) in [6.07, 6.45) is 4.33. The largest absolute Gasteiger partial charge is 0.385 e. The maximum Gasteiger partial charge on any atom is 0.127 e. The van der Waals surface area contributed by atoms with Gasteiger partial charge in [-0.15, -0.1) is 0 Å². The predicted molar refractivity (Wildman–Crippen MR) is 71.3 cm³/mol. The van der Waals surface area contributed by atoms with Crippen molar-refractivity contribution in [1.82, 2.24) is 14.5 Å². The van der Waals surface area contributed by atoms with E-state index in [9.17, 15) is 0 Å². The molecule has 18 heavy (non-hydrogen) atoms. The van der Waals surface area contributed by atoms with Gasteiger partial charge in [0.05, 0.1) is 17.8 Å². The van der Waals surface area contributed by atoms with Crippen molar-refractivity contribution >= 4 is 11.0 Å². The van der Waals surface area contributed by atoms with Gasteiger partial charge in [-0.05, 0) is 26.3 Å². The first-order valence-electron chi connectivity index (χ1n) is 6.21. The Bertz CT molecular complexity index is 521. The fourth-order valence-corrected chi connectivity index (χ4v) is 2.15. The maximum atomic E-state index is 6.20. The number of hydrogen-bond acceptors (Lipinski definition) is 4. The van der Waals surface area contributed by atoms with Crippen LogP contribution in [0.2, 0.25) is 0 Å². The molecule has 0 aliphatic rings. The molecule has 0 amide bonds. The van der Waals surface area contributed by atoms with E-state index in [1.165, 1.54) is 0 Å². The zero-order valence-electron chi connectivity index (χ0n) is 11.1. The van der Waals surface area contributed by atoms with E-state index in [1.807, 2.05) is 6.07 Å². The van der Waals surface area contributed by atoms with Gasteiger partial charge in [-0.1, -0.05) is 0 Å². The average molecular weight is 248 g/mol. The lowest BCUT2D eigenvalue weighted by atomic mass is 10.2. The van der Waals surface area contributed by atoms with Crippen molar-refractivity contribution in [2.24, 2.45) is 5.73 Å². The highest BCUT2D eigenvalue weighted by molar-refractivity contribution is 5.75. The van der Waals surface area contributed by atoms with Crippen LogP contribution in [0.5, 0.6) is 0 Å². The summed E-state index contributed by atoms with van der Waals surface area (Å²) in [5, 5.41) is 0. The summed E-state index contributed by atoms with van der Waals surface area (Å²) >= 11 is 0. The van der Waals surface area contributed by atoms with E-state index in [1.54, 1.807) is 19.5 Å². The molecule has 0 aliphatic carbocycles. The van der Waals surface area contributed by atoms with Crippen molar-refractivity contribution in [2.75, 3.05) is 13.7 Å². The zero-order chi connectivity index (χ0) is 13.1. The van der Waals surface area contributed by atoms with E-state index in [4.69, 9.17) is 10.5 Å². The fraction of sp³-hybridized carbons (Fsp3) is 0.538. The van der Waals surface area contributed by atoms with Crippen LogP contribution in [-0.4, -0.2) is 28.3 Å². The number of methoxy groups -OCH3 is 1. The highest BCUT2D eigenvalue weighted by Crippen LogP contribution is 2.24. The molecule has 2 N–H and O–H groups in total. The first-order chi connectivity index (χ1) is 8.65. The van der Waals surface area contributed by atoms with Crippen LogP contribution in [0.1, 0.15) is 38.2 Å². The lowest BCUT2D eigenvalue weighted by Gasteiger charge is -2.17. The first-order valence-corrected chi connectivity index (χ1v) is 6.21. The molecule has 0 saturated carbocycles. The Balaban J connectivity index is 2.45. The number of fused-ring (bicyclic) bond motifs is 1. The average Bonchev–Trinajstić information content (AvgIpc) is 2.75. The Morgan fingerprint density at radius 3 is 2.89 bits per heavy atom. The molecule has 1 atom stereocenters. The van der Waals surface area contributed by atoms with Crippen molar-refractivity contribution in [1.29, 1.82) is 0 Å². The molecule has 0 radical (unpaired) electrons. The van der Waals surface area contributed by atoms with E-state index in [0.717, 1.165) is 23.3 Å². The summed E-state index contributed by atoms with van der Waals surface area (Å²) < 4.78 is 7.26. The van der Waals surface area contributed by atoms with Gasteiger partial charge in [0.2, 0.25) is 0 Å². The van der Waals surface area contributed by atoms with E-state index >= 15 is 0 Å². The number of ether oxygens (including phenoxy) is 1. The Morgan fingerprint density at radius 2 is 2.22 bits per heavy atom. The SMILES string of the molecule is COCCC(N)c1nc2cnccc2n1C(C)C. The smallest absolute Gasteiger partial charge is 0.127 e. The van der Waals surface area contributed by atoms with Crippen LogP contribution in [0.15, 0.2) is 18.5 Å². The summed E-state index contributed by atoms with van der Waals surface area (Å²) in [4.78, 5) is 8.71. The van der Waals surface area contributed by atoms with Gasteiger partial charge in [0.1, 0.15) is 11.3 Å². The summed E-state index contributed by atoms with van der Waals surface area (Å²) in [5.41, 5.74) is 8.18. The third-order valence-corrected chi connectivity index (χ3v) is 3.00. The van der Waals surface area contributed by atoms with Crippen LogP contribution in [0.25, 0.3) is 11.0 Å². The Hall–Kier alpha value is -1.46. The summed E-state index contributed by atoms with van der Waals surface area (Å²) in [6, 6.07) is 2.19. The van der Waals surface area contributed by atoms with Gasteiger partial charge in [-0.25, -0.2) is 4.98 Å². The zero-order valence-corrected chi connectivity index (χ0v) is 11.1. The predicted octanol–water partition coefficient (Wildman–Crippen LogP) is 2.05. The van der Waals surface area contributed by atoms with Crippen molar-refractivity contribution in [3.05, 3.63) is 24.3 Å². The van der Waals surface area contributed by atoms with Crippen molar-refractivity contribution in [3.8, 4) is 0 Å². The summed E-state index contributed by atoms with van der Waals surface area (Å²) in [5.74, 6) is 0.907. The highest BCUT2D eigenvalue weighted by Gasteiger charge is 2.18. The van der Waals surface area contributed by atoms with Crippen molar-refractivity contribution in [2.45, 2.75) is 32.4 Å². The molecule has 98 valence electrons. The normalized spacial score (nSPS) is 13.4. The minimum absolute atomic E-state index is 0.111. The number of aromatic nitrogens is 3. The summed E-state index contributed by atoms with van der Waals surface area (Å²) in [7, 11) is 1.68. The Kier molecular flexibility index (Phi) is 3.93. The van der Waals surface area contributed by atoms with Gasteiger partial charge < -0.3 is 15.0 Å². The quantitative estimate of drug-likeness (QED) is 0.879. The Labute approximate surface area is 107 Å². The molecular weight excluding hydrogens is 228 g/mol. The first kappa shape index (κ1) is 13.0. The number of rotatable bonds is 5. The number of hydrogen-bond donors (Lipinski definition) is 1. The van der Waals surface area contributed by atoms with Gasteiger partial charge in [-0.3, -0.25) is 4.98 Å². The topological polar surface area (TPSA) is 66.0 Å². The number of nitrogens with zero attached hydrogens (tertiary/aromatic N) is 3. The molecule has 5 nitrogen and oxygen atoms in total. The van der Waals surface area contributed by atoms with Crippen LogP contribution >= 0.6 is 0 Å². The van der Waals surface area contributed by atoms with Crippen LogP contribution in [0, 0.1) is 0 Å². The number of imidazole rings is 1. The van der Waals surface area contributed by atoms with Crippen LogP contribution in [0.3, 0.4) is 0 Å². The molecule has 5 heteroatoms. The third-order valence-electron chi connectivity index (χ3n) is 3.00. The molecule has 0 spiro atoms. The molecule has 2 aromatic heterocycles. The molecule has 0 fully saturated rings. The molecule has 2 heterocycles. The second-order valence-corrected chi connectivity index (χ2v) is 4.69. The highest BCUT2D eigenvalue weighted by atomic mass is 16.5. The molecule has 1 unspecified atom stereocenters. The standard InChI is InChI=1S/C13H20N4O/c1-9(2)17-12-4-6-15-8-11(12)16-13(17)10(14)5-7-18-3/h4,6,8-10H,5,7,14H2,1-3H3. The van der Waals surface area contributed by atoms with Crippen LogP contribution in [-0.2, 0) is 4.74 Å². The van der Waals surface area contributed by atoms with Crippen LogP contribution < -0.4 is 5.73 Å². The van der Waals surface area contributed by atoms with Gasteiger partial charge in [0, 0.05) is 26.0 Å². The molecule has 2 aromatic rings. The van der Waals surface area contributed by atoms with Crippen molar-refractivity contribution in [3.63, 3.8) is 0 Å². The van der Waals surface area contributed by atoms with Gasteiger partial charge in [0.25, 0.3) is 0 Å². The minimum atomic E-state index is -0.111. The second kappa shape index (κ2) is 5.46. The molecule has 0 bridgehead atoms. The minimum Gasteiger partial charge on any atom is -0.385 e. The molecule has 0 aromatic carbocycles. The van der Waals surface area contributed by atoms with Gasteiger partial charge in [-0.2, -0.15) is 0 Å². The van der Waals surface area contributed by atoms with Crippen LogP contribution in [0.4, 0.5) is 0 Å². The van der Waals surface area contributed by atoms with Gasteiger partial charge in [0.15, 0.2) is 0 Å². The fourth-order valence-electron chi connectivity index (χ4n) is 2.15. The molecule has 0 saturated heterocycles. The monoisotopic (exact) mass is 248 g/mol. The lowest BCUT2D eigenvalue weighted by Crippen LogP contribution is -2.19. The molecular formula is C13H20N4O. The Morgan fingerprint density at radius 1 is 1.44 bits per heavy atom. The van der Waals surface area contributed by atoms with E-state index < -0.39 is 0 Å². The molecule has 2 rings (SSSR count). The summed E-state index contributed by atoms with van der Waals surface area (Å²) in [6.45, 7) is 4.91. The molecule has 0 aliphatic heterocycles. The van der Waals surface area contributed by atoms with Crippen molar-refractivity contribution < 1.29 is 4.74 Å². The number of pyridine rings is 1. The van der Waals surface area contributed by atoms with Gasteiger partial charge >= 0.3 is 0 Å². The lowest BCUT2D eigenvalue weighted by molar-refractivity contribution is 0.186. The van der Waals surface area contributed by atoms with E-state index in [0.29, 0.717) is 12.6 Å². The van der Waals surface area contributed by atoms with E-state index in [-0.39, 0.29) is 6.04 Å². The maximum absolute atomic E-state index is 6.20.